The zero-order valence-electron chi connectivity index (χ0n) is 14.7. The summed E-state index contributed by atoms with van der Waals surface area (Å²) in [6.45, 7) is -0.673. The van der Waals surface area contributed by atoms with Gasteiger partial charge in [0.25, 0.3) is 5.56 Å². The van der Waals surface area contributed by atoms with Crippen molar-refractivity contribution in [3.05, 3.63) is 61.3 Å². The molecule has 1 aliphatic rings. The molecule has 3 rings (SSSR count). The predicted octanol–water partition coefficient (Wildman–Crippen LogP) is 0.0751. The van der Waals surface area contributed by atoms with Crippen LogP contribution < -0.4 is 21.0 Å². The van der Waals surface area contributed by atoms with Gasteiger partial charge in [0.15, 0.2) is 5.82 Å². The van der Waals surface area contributed by atoms with Gasteiger partial charge in [-0.05, 0) is 6.07 Å². The highest BCUT2D eigenvalue weighted by atomic mass is 19.4. The lowest BCUT2D eigenvalue weighted by Crippen LogP contribution is -3.09. The molecule has 0 radical (unpaired) electrons. The van der Waals surface area contributed by atoms with Crippen molar-refractivity contribution in [1.29, 1.82) is 0 Å². The number of alkyl halides is 3. The molecule has 0 bridgehead atoms. The summed E-state index contributed by atoms with van der Waals surface area (Å²) >= 11 is 0. The van der Waals surface area contributed by atoms with Crippen LogP contribution in [0.2, 0.25) is 0 Å². The number of halogens is 4. The molecule has 29 heavy (non-hydrogen) atoms. The Morgan fingerprint density at radius 3 is 2.69 bits per heavy atom. The number of hydroxylamine groups is 2. The summed E-state index contributed by atoms with van der Waals surface area (Å²) < 4.78 is 64.3. The van der Waals surface area contributed by atoms with Gasteiger partial charge in [-0.3, -0.25) is 9.36 Å². The van der Waals surface area contributed by atoms with Crippen LogP contribution in [0.5, 0.6) is 5.75 Å². The first-order valence-corrected chi connectivity index (χ1v) is 8.01. The van der Waals surface area contributed by atoms with Crippen molar-refractivity contribution in [3.63, 3.8) is 0 Å². The predicted molar refractivity (Wildman–Crippen MR) is 89.6 cm³/mol. The molecule has 1 aliphatic heterocycles. The van der Waals surface area contributed by atoms with E-state index < -0.39 is 52.6 Å². The van der Waals surface area contributed by atoms with E-state index in [0.29, 0.717) is 0 Å². The number of hydrogen-bond donors (Lipinski definition) is 1. The van der Waals surface area contributed by atoms with E-state index in [1.807, 2.05) is 0 Å². The van der Waals surface area contributed by atoms with Gasteiger partial charge in [-0.25, -0.2) is 13.8 Å². The summed E-state index contributed by atoms with van der Waals surface area (Å²) in [4.78, 5) is 24.6. The van der Waals surface area contributed by atoms with Gasteiger partial charge in [0, 0.05) is 19.2 Å². The molecule has 0 spiro atoms. The third-order valence-corrected chi connectivity index (χ3v) is 4.21. The fourth-order valence-corrected chi connectivity index (χ4v) is 2.89. The zero-order valence-corrected chi connectivity index (χ0v) is 14.7. The second-order valence-electron chi connectivity index (χ2n) is 6.03. The van der Waals surface area contributed by atoms with Crippen LogP contribution in [-0.4, -0.2) is 22.5 Å². The Bertz CT molecular complexity index is 1120. The van der Waals surface area contributed by atoms with Crippen LogP contribution in [0, 0.1) is 23.4 Å². The second kappa shape index (κ2) is 7.36. The van der Waals surface area contributed by atoms with Crippen LogP contribution in [0.3, 0.4) is 0 Å². The Balaban J connectivity index is 2.23. The minimum absolute atomic E-state index is 0.0123. The zero-order chi connectivity index (χ0) is 21.5. The summed E-state index contributed by atoms with van der Waals surface area (Å²) in [5.41, 5.74) is -4.98. The van der Waals surface area contributed by atoms with E-state index in [9.17, 15) is 32.4 Å². The monoisotopic (exact) mass is 415 g/mol. The molecule has 2 heterocycles. The fraction of sp³-hybridized carbons (Fsp3) is 0.294. The maximum absolute atomic E-state index is 14.6. The van der Waals surface area contributed by atoms with Crippen molar-refractivity contribution in [2.24, 2.45) is 7.05 Å². The number of ether oxygens (including phenoxy) is 2. The Labute approximate surface area is 160 Å². The summed E-state index contributed by atoms with van der Waals surface area (Å²) in [6, 6.07) is 1.93. The van der Waals surface area contributed by atoms with E-state index in [0.717, 1.165) is 19.2 Å². The molecule has 0 amide bonds. The number of nitrogens with zero attached hydrogens (tertiary/aromatic N) is 2. The molecule has 2 atom stereocenters. The van der Waals surface area contributed by atoms with E-state index in [1.165, 1.54) is 0 Å². The quantitative estimate of drug-likeness (QED) is 0.436. The Morgan fingerprint density at radius 2 is 2.07 bits per heavy atom. The van der Waals surface area contributed by atoms with E-state index in [-0.39, 0.29) is 33.1 Å². The summed E-state index contributed by atoms with van der Waals surface area (Å²) in [6.07, 6.45) is -1.11. The maximum Gasteiger partial charge on any atom is 0.431 e. The molecule has 1 aromatic heterocycles. The topological polar surface area (TPSA) is 90.0 Å². The van der Waals surface area contributed by atoms with E-state index in [2.05, 4.69) is 5.92 Å². The van der Waals surface area contributed by atoms with E-state index in [1.54, 1.807) is 0 Å². The number of fused-ring (bicyclic) bond motifs is 1. The van der Waals surface area contributed by atoms with Crippen molar-refractivity contribution in [1.82, 2.24) is 9.13 Å². The molecule has 8 nitrogen and oxygen atoms in total. The molecule has 1 N–H and O–H groups in total. The average Bonchev–Trinajstić information content (AvgIpc) is 2.64. The van der Waals surface area contributed by atoms with Crippen molar-refractivity contribution in [3.8, 4) is 23.8 Å². The number of benzene rings is 1. The molecular weight excluding hydrogens is 402 g/mol. The minimum Gasteiger partial charge on any atom is -0.630 e. The van der Waals surface area contributed by atoms with Crippen molar-refractivity contribution >= 4 is 0 Å². The van der Waals surface area contributed by atoms with Gasteiger partial charge >= 0.3 is 11.9 Å². The Kier molecular flexibility index (Phi) is 5.22. The molecule has 0 saturated heterocycles. The molecular formula is C17H13F4N3O5. The highest BCUT2D eigenvalue weighted by Crippen LogP contribution is 2.31. The largest absolute Gasteiger partial charge is 0.630 e. The number of quaternary nitrogens is 1. The van der Waals surface area contributed by atoms with Crippen molar-refractivity contribution < 1.29 is 32.1 Å². The molecule has 154 valence electrons. The number of nitrogens with one attached hydrogen (secondary N) is 1. The Hall–Kier alpha value is -3.14. The number of terminal acetylenes is 1. The van der Waals surface area contributed by atoms with Gasteiger partial charge < -0.3 is 19.7 Å². The van der Waals surface area contributed by atoms with Crippen molar-refractivity contribution in [2.75, 3.05) is 13.3 Å². The summed E-state index contributed by atoms with van der Waals surface area (Å²) in [5.74, 6) is 0.969. The third kappa shape index (κ3) is 3.63. The van der Waals surface area contributed by atoms with Crippen LogP contribution in [0.4, 0.5) is 17.6 Å². The minimum atomic E-state index is -4.96. The molecule has 1 aromatic carbocycles. The smallest absolute Gasteiger partial charge is 0.431 e. The highest BCUT2D eigenvalue weighted by molar-refractivity contribution is 5.46. The number of rotatable bonds is 3. The molecule has 2 unspecified atom stereocenters. The molecule has 0 fully saturated rings. The lowest BCUT2D eigenvalue weighted by Gasteiger charge is -2.35. The van der Waals surface area contributed by atoms with Gasteiger partial charge in [-0.1, -0.05) is 5.92 Å². The van der Waals surface area contributed by atoms with Crippen molar-refractivity contribution in [2.45, 2.75) is 12.4 Å². The first kappa shape index (κ1) is 20.6. The van der Waals surface area contributed by atoms with E-state index in [4.69, 9.17) is 15.9 Å². The summed E-state index contributed by atoms with van der Waals surface area (Å²) in [7, 11) is 0.795. The second-order valence-corrected chi connectivity index (χ2v) is 6.03. The van der Waals surface area contributed by atoms with Gasteiger partial charge in [0.05, 0.1) is 11.3 Å². The van der Waals surface area contributed by atoms with Gasteiger partial charge in [0.2, 0.25) is 13.0 Å². The van der Waals surface area contributed by atoms with Crippen LogP contribution in [0.1, 0.15) is 17.5 Å². The van der Waals surface area contributed by atoms with Gasteiger partial charge in [-0.15, -0.1) is 6.42 Å². The molecule has 12 heteroatoms. The lowest BCUT2D eigenvalue weighted by molar-refractivity contribution is -0.927. The standard InChI is InChI=1S/C17H13F4N3O5/c1-3-4-28-15-9-5-11(10(18)6-12(9)29-8-23(15)27)24-14(25)7-13(17(19,20)21)22(2)16(24)26/h1,5-7,15,23H,4,8H2,2H3. The normalized spacial score (nSPS) is 18.7. The number of hydrogen-bond acceptors (Lipinski definition) is 5. The van der Waals surface area contributed by atoms with E-state index >= 15 is 0 Å². The van der Waals surface area contributed by atoms with Gasteiger partial charge in [-0.2, -0.15) is 13.2 Å². The summed E-state index contributed by atoms with van der Waals surface area (Å²) in [5, 5.41) is 11.5. The molecule has 0 saturated carbocycles. The fourth-order valence-electron chi connectivity index (χ4n) is 2.89. The van der Waals surface area contributed by atoms with Crippen LogP contribution in [0.15, 0.2) is 27.8 Å². The molecule has 0 aliphatic carbocycles. The molecule has 2 aromatic rings. The third-order valence-electron chi connectivity index (χ3n) is 4.21. The number of aromatic nitrogens is 2. The first-order chi connectivity index (χ1) is 13.6. The SMILES string of the molecule is C#CCOC1c2cc(-n3c(=O)cc(C(F)(F)F)n(C)c3=O)c(F)cc2OC[NH+]1[O-]. The highest BCUT2D eigenvalue weighted by Gasteiger charge is 2.36. The van der Waals surface area contributed by atoms with Crippen LogP contribution in [0.25, 0.3) is 5.69 Å². The Morgan fingerprint density at radius 1 is 1.38 bits per heavy atom. The lowest BCUT2D eigenvalue weighted by atomic mass is 10.1. The maximum atomic E-state index is 14.6. The average molecular weight is 415 g/mol. The van der Waals surface area contributed by atoms with Gasteiger partial charge in [0.1, 0.15) is 18.1 Å². The first-order valence-electron chi connectivity index (χ1n) is 8.01. The van der Waals surface area contributed by atoms with Crippen LogP contribution in [-0.2, 0) is 18.0 Å². The van der Waals surface area contributed by atoms with Crippen LogP contribution >= 0.6 is 0 Å².